The van der Waals surface area contributed by atoms with E-state index < -0.39 is 0 Å². The molecule has 1 N–H and O–H groups in total. The van der Waals surface area contributed by atoms with Crippen LogP contribution in [0.5, 0.6) is 0 Å². The Hall–Kier alpha value is -1.22. The molecular weight excluding hydrogens is 278 g/mol. The van der Waals surface area contributed by atoms with E-state index in [1.807, 2.05) is 6.07 Å². The predicted molar refractivity (Wildman–Crippen MR) is 74.4 cm³/mol. The van der Waals surface area contributed by atoms with E-state index in [0.29, 0.717) is 0 Å². The molecule has 2 rings (SSSR count). The molecule has 17 heavy (non-hydrogen) atoms. The minimum absolute atomic E-state index is 0.228. The van der Waals surface area contributed by atoms with Crippen LogP contribution in [-0.4, -0.2) is 0 Å². The van der Waals surface area contributed by atoms with Gasteiger partial charge in [0.05, 0.1) is 24.3 Å². The van der Waals surface area contributed by atoms with Gasteiger partial charge < -0.3 is 9.73 Å². The molecule has 0 spiro atoms. The zero-order valence-corrected chi connectivity index (χ0v) is 11.8. The smallest absolute Gasteiger partial charge is 0.0955 e. The van der Waals surface area contributed by atoms with Gasteiger partial charge in [-0.2, -0.15) is 0 Å². The maximum absolute atomic E-state index is 5.10. The van der Waals surface area contributed by atoms with E-state index in [9.17, 15) is 0 Å². The van der Waals surface area contributed by atoms with E-state index in [4.69, 9.17) is 4.42 Å². The van der Waals surface area contributed by atoms with Gasteiger partial charge in [0.15, 0.2) is 0 Å². The molecule has 0 bridgehead atoms. The summed E-state index contributed by atoms with van der Waals surface area (Å²) in [6.07, 6.45) is 3.47. The Bertz CT molecular complexity index is 482. The molecule has 2 aromatic rings. The van der Waals surface area contributed by atoms with Crippen molar-refractivity contribution in [2.45, 2.75) is 26.8 Å². The van der Waals surface area contributed by atoms with Gasteiger partial charge in [0.25, 0.3) is 0 Å². The van der Waals surface area contributed by atoms with Crippen molar-refractivity contribution >= 4 is 21.6 Å². The number of hydrogen-bond acceptors (Lipinski definition) is 2. The summed E-state index contributed by atoms with van der Waals surface area (Å²) >= 11 is 3.60. The number of hydrogen-bond donors (Lipinski definition) is 1. The molecule has 1 aromatic carbocycles. The first kappa shape index (κ1) is 12.2. The minimum atomic E-state index is 0.228. The Morgan fingerprint density at radius 3 is 2.65 bits per heavy atom. The number of aryl methyl sites for hydroxylation is 2. The van der Waals surface area contributed by atoms with Crippen LogP contribution < -0.4 is 5.32 Å². The van der Waals surface area contributed by atoms with Gasteiger partial charge in [-0.1, -0.05) is 6.07 Å². The van der Waals surface area contributed by atoms with Gasteiger partial charge in [-0.3, -0.25) is 0 Å². The quantitative estimate of drug-likeness (QED) is 0.877. The number of rotatable bonds is 3. The summed E-state index contributed by atoms with van der Waals surface area (Å²) in [5, 5.41) is 3.50. The SMILES string of the molecule is Cc1cc(C)c(NC(C)c2ccoc2)c(Br)c1. The van der Waals surface area contributed by atoms with E-state index in [0.717, 1.165) is 15.7 Å². The van der Waals surface area contributed by atoms with Crippen LogP contribution in [0, 0.1) is 13.8 Å². The first-order chi connectivity index (χ1) is 8.08. The van der Waals surface area contributed by atoms with Gasteiger partial charge in [-0.25, -0.2) is 0 Å². The first-order valence-corrected chi connectivity index (χ1v) is 6.42. The van der Waals surface area contributed by atoms with E-state index in [1.165, 1.54) is 11.1 Å². The molecule has 1 heterocycles. The molecule has 0 aliphatic carbocycles. The molecule has 0 radical (unpaired) electrons. The van der Waals surface area contributed by atoms with Crippen molar-refractivity contribution < 1.29 is 4.42 Å². The van der Waals surface area contributed by atoms with Crippen LogP contribution in [0.25, 0.3) is 0 Å². The number of furan rings is 1. The molecule has 0 fully saturated rings. The molecule has 1 unspecified atom stereocenters. The third-order valence-electron chi connectivity index (χ3n) is 2.84. The highest BCUT2D eigenvalue weighted by Crippen LogP contribution is 2.31. The fourth-order valence-electron chi connectivity index (χ4n) is 1.92. The third-order valence-corrected chi connectivity index (χ3v) is 3.46. The van der Waals surface area contributed by atoms with Gasteiger partial charge in [-0.05, 0) is 60.0 Å². The average molecular weight is 294 g/mol. The molecule has 1 atom stereocenters. The number of benzene rings is 1. The lowest BCUT2D eigenvalue weighted by molar-refractivity contribution is 0.562. The molecule has 3 heteroatoms. The Labute approximate surface area is 110 Å². The van der Waals surface area contributed by atoms with Gasteiger partial charge >= 0.3 is 0 Å². The fourth-order valence-corrected chi connectivity index (χ4v) is 2.71. The molecule has 0 saturated carbocycles. The number of nitrogens with one attached hydrogen (secondary N) is 1. The molecule has 2 nitrogen and oxygen atoms in total. The van der Waals surface area contributed by atoms with Crippen molar-refractivity contribution in [1.29, 1.82) is 0 Å². The van der Waals surface area contributed by atoms with Gasteiger partial charge in [0.2, 0.25) is 0 Å². The summed E-state index contributed by atoms with van der Waals surface area (Å²) in [6, 6.07) is 6.51. The van der Waals surface area contributed by atoms with Gasteiger partial charge in [0.1, 0.15) is 0 Å². The van der Waals surface area contributed by atoms with Crippen LogP contribution in [0.4, 0.5) is 5.69 Å². The Kier molecular flexibility index (Phi) is 3.57. The van der Waals surface area contributed by atoms with Crippen LogP contribution in [0.1, 0.15) is 29.7 Å². The molecule has 0 aliphatic heterocycles. The van der Waals surface area contributed by atoms with E-state index in [-0.39, 0.29) is 6.04 Å². The summed E-state index contributed by atoms with van der Waals surface area (Å²) in [5.74, 6) is 0. The highest BCUT2D eigenvalue weighted by Gasteiger charge is 2.10. The molecule has 1 aromatic heterocycles. The lowest BCUT2D eigenvalue weighted by atomic mass is 10.1. The van der Waals surface area contributed by atoms with Crippen LogP contribution >= 0.6 is 15.9 Å². The third kappa shape index (κ3) is 2.72. The van der Waals surface area contributed by atoms with Crippen molar-refractivity contribution in [2.75, 3.05) is 5.32 Å². The van der Waals surface area contributed by atoms with E-state index in [1.54, 1.807) is 12.5 Å². The Morgan fingerprint density at radius 1 is 1.29 bits per heavy atom. The second kappa shape index (κ2) is 4.96. The molecule has 0 aliphatic rings. The van der Waals surface area contributed by atoms with Crippen molar-refractivity contribution in [1.82, 2.24) is 0 Å². The summed E-state index contributed by atoms with van der Waals surface area (Å²) < 4.78 is 6.20. The summed E-state index contributed by atoms with van der Waals surface area (Å²) in [7, 11) is 0. The second-order valence-corrected chi connectivity index (χ2v) is 5.22. The van der Waals surface area contributed by atoms with Crippen molar-refractivity contribution in [3.05, 3.63) is 51.9 Å². The van der Waals surface area contributed by atoms with Crippen molar-refractivity contribution in [2.24, 2.45) is 0 Å². The van der Waals surface area contributed by atoms with Crippen molar-refractivity contribution in [3.8, 4) is 0 Å². The molecular formula is C14H16BrNO. The largest absolute Gasteiger partial charge is 0.472 e. The lowest BCUT2D eigenvalue weighted by Crippen LogP contribution is -2.07. The number of anilines is 1. The lowest BCUT2D eigenvalue weighted by Gasteiger charge is -2.17. The maximum Gasteiger partial charge on any atom is 0.0955 e. The van der Waals surface area contributed by atoms with Crippen LogP contribution in [0.2, 0.25) is 0 Å². The summed E-state index contributed by atoms with van der Waals surface area (Å²) in [5.41, 5.74) is 4.80. The van der Waals surface area contributed by atoms with E-state index in [2.05, 4.69) is 54.2 Å². The summed E-state index contributed by atoms with van der Waals surface area (Å²) in [4.78, 5) is 0. The van der Waals surface area contributed by atoms with Crippen LogP contribution in [0.3, 0.4) is 0 Å². The van der Waals surface area contributed by atoms with E-state index >= 15 is 0 Å². The zero-order chi connectivity index (χ0) is 12.4. The monoisotopic (exact) mass is 293 g/mol. The van der Waals surface area contributed by atoms with Crippen LogP contribution in [-0.2, 0) is 0 Å². The highest BCUT2D eigenvalue weighted by molar-refractivity contribution is 9.10. The van der Waals surface area contributed by atoms with Crippen LogP contribution in [0.15, 0.2) is 39.6 Å². The van der Waals surface area contributed by atoms with Gasteiger partial charge in [0, 0.05) is 10.0 Å². The topological polar surface area (TPSA) is 25.2 Å². The Balaban J connectivity index is 2.25. The van der Waals surface area contributed by atoms with Gasteiger partial charge in [-0.15, -0.1) is 0 Å². The average Bonchev–Trinajstić information content (AvgIpc) is 2.76. The normalized spacial score (nSPS) is 12.5. The standard InChI is InChI=1S/C14H16BrNO/c1-9-6-10(2)14(13(15)7-9)16-11(3)12-4-5-17-8-12/h4-8,11,16H,1-3H3. The predicted octanol–water partition coefficient (Wildman–Crippen LogP) is 4.83. The molecule has 90 valence electrons. The second-order valence-electron chi connectivity index (χ2n) is 4.36. The number of halogens is 1. The Morgan fingerprint density at radius 2 is 2.06 bits per heavy atom. The zero-order valence-electron chi connectivity index (χ0n) is 10.3. The molecule has 0 saturated heterocycles. The fraction of sp³-hybridized carbons (Fsp3) is 0.286. The summed E-state index contributed by atoms with van der Waals surface area (Å²) in [6.45, 7) is 6.33. The minimum Gasteiger partial charge on any atom is -0.472 e. The van der Waals surface area contributed by atoms with Crippen molar-refractivity contribution in [3.63, 3.8) is 0 Å². The first-order valence-electron chi connectivity index (χ1n) is 5.63. The molecule has 0 amide bonds. The highest BCUT2D eigenvalue weighted by atomic mass is 79.9. The maximum atomic E-state index is 5.10.